The second-order valence-corrected chi connectivity index (χ2v) is 5.58. The first-order valence-corrected chi connectivity index (χ1v) is 7.28. The number of fused-ring (bicyclic) bond motifs is 1. The molecule has 2 unspecified atom stereocenters. The molecule has 0 saturated carbocycles. The Bertz CT molecular complexity index is 556. The molecule has 0 bridgehead atoms. The first-order chi connectivity index (χ1) is 10.1. The van der Waals surface area contributed by atoms with E-state index < -0.39 is 6.10 Å². The van der Waals surface area contributed by atoms with Crippen molar-refractivity contribution in [2.75, 3.05) is 19.8 Å². The van der Waals surface area contributed by atoms with Crippen LogP contribution in [0, 0.1) is 0 Å². The van der Waals surface area contributed by atoms with E-state index in [-0.39, 0.29) is 24.4 Å². The molecule has 0 radical (unpaired) electrons. The Hall–Kier alpha value is -1.21. The van der Waals surface area contributed by atoms with Crippen LogP contribution in [0.4, 0.5) is 0 Å². The van der Waals surface area contributed by atoms with E-state index in [4.69, 9.17) is 21.1 Å². The summed E-state index contributed by atoms with van der Waals surface area (Å²) in [4.78, 5) is 12.0. The van der Waals surface area contributed by atoms with Crippen LogP contribution in [-0.4, -0.2) is 42.9 Å². The van der Waals surface area contributed by atoms with Crippen molar-refractivity contribution in [1.82, 2.24) is 10.6 Å². The number of β-amino-alcohol motifs (C(OH)–C–C–N with tert-alkyl or cyclic N) is 1. The SMILES string of the molecule is Cl.O=C(NCc1cc(Cl)c2c(c1)OCCO2)C1CC(O)CN1. The predicted molar refractivity (Wildman–Crippen MR) is 84.0 cm³/mol. The summed E-state index contributed by atoms with van der Waals surface area (Å²) in [7, 11) is 0. The van der Waals surface area contributed by atoms with Crippen molar-refractivity contribution in [1.29, 1.82) is 0 Å². The zero-order chi connectivity index (χ0) is 14.8. The van der Waals surface area contributed by atoms with Crippen molar-refractivity contribution in [2.24, 2.45) is 0 Å². The third-order valence-electron chi connectivity index (χ3n) is 3.55. The highest BCUT2D eigenvalue weighted by Gasteiger charge is 2.27. The molecule has 1 aromatic rings. The van der Waals surface area contributed by atoms with Crippen LogP contribution in [0.5, 0.6) is 11.5 Å². The molecule has 122 valence electrons. The number of hydrogen-bond donors (Lipinski definition) is 3. The molecule has 1 amide bonds. The van der Waals surface area contributed by atoms with Gasteiger partial charge in [0.05, 0.1) is 17.2 Å². The van der Waals surface area contributed by atoms with Crippen molar-refractivity contribution in [3.05, 3.63) is 22.7 Å². The number of nitrogens with one attached hydrogen (secondary N) is 2. The Kier molecular flexibility index (Phi) is 5.74. The highest BCUT2D eigenvalue weighted by molar-refractivity contribution is 6.32. The molecule has 0 aromatic heterocycles. The minimum Gasteiger partial charge on any atom is -0.486 e. The summed E-state index contributed by atoms with van der Waals surface area (Å²) in [5.41, 5.74) is 0.844. The van der Waals surface area contributed by atoms with E-state index in [2.05, 4.69) is 10.6 Å². The Morgan fingerprint density at radius 1 is 1.41 bits per heavy atom. The number of ether oxygens (including phenoxy) is 2. The van der Waals surface area contributed by atoms with Crippen molar-refractivity contribution in [3.8, 4) is 11.5 Å². The van der Waals surface area contributed by atoms with Gasteiger partial charge in [0.1, 0.15) is 13.2 Å². The van der Waals surface area contributed by atoms with Crippen molar-refractivity contribution in [2.45, 2.75) is 25.1 Å². The third kappa shape index (κ3) is 3.76. The van der Waals surface area contributed by atoms with Crippen LogP contribution >= 0.6 is 24.0 Å². The molecule has 0 aliphatic carbocycles. The van der Waals surface area contributed by atoms with Crippen LogP contribution in [-0.2, 0) is 11.3 Å². The van der Waals surface area contributed by atoms with Crippen LogP contribution in [0.25, 0.3) is 0 Å². The van der Waals surface area contributed by atoms with Gasteiger partial charge in [0.2, 0.25) is 5.91 Å². The molecule has 2 atom stereocenters. The number of benzene rings is 1. The van der Waals surface area contributed by atoms with E-state index in [0.29, 0.717) is 49.2 Å². The zero-order valence-corrected chi connectivity index (χ0v) is 13.4. The smallest absolute Gasteiger partial charge is 0.237 e. The average Bonchev–Trinajstić information content (AvgIpc) is 2.91. The van der Waals surface area contributed by atoms with Gasteiger partial charge in [-0.1, -0.05) is 11.6 Å². The lowest BCUT2D eigenvalue weighted by Gasteiger charge is -2.20. The molecular weight excluding hydrogens is 331 g/mol. The maximum Gasteiger partial charge on any atom is 0.237 e. The number of halogens is 2. The molecule has 2 aliphatic rings. The maximum atomic E-state index is 12.0. The summed E-state index contributed by atoms with van der Waals surface area (Å²) < 4.78 is 10.9. The average molecular weight is 349 g/mol. The van der Waals surface area contributed by atoms with Gasteiger partial charge in [-0.25, -0.2) is 0 Å². The lowest BCUT2D eigenvalue weighted by Crippen LogP contribution is -2.40. The highest BCUT2D eigenvalue weighted by atomic mass is 35.5. The normalized spacial score (nSPS) is 22.8. The van der Waals surface area contributed by atoms with Gasteiger partial charge >= 0.3 is 0 Å². The number of carbonyl (C=O) groups excluding carboxylic acids is 1. The first kappa shape index (κ1) is 17.1. The van der Waals surface area contributed by atoms with E-state index in [1.165, 1.54) is 0 Å². The number of carbonyl (C=O) groups is 1. The molecular formula is C14H18Cl2N2O4. The van der Waals surface area contributed by atoms with E-state index in [9.17, 15) is 9.90 Å². The maximum absolute atomic E-state index is 12.0. The van der Waals surface area contributed by atoms with E-state index in [1.54, 1.807) is 6.07 Å². The number of aliphatic hydroxyl groups is 1. The lowest BCUT2D eigenvalue weighted by atomic mass is 10.1. The number of hydrogen-bond acceptors (Lipinski definition) is 5. The minimum absolute atomic E-state index is 0. The predicted octanol–water partition coefficient (Wildman–Crippen LogP) is 0.872. The van der Waals surface area contributed by atoms with Gasteiger partial charge in [0.25, 0.3) is 0 Å². The standard InChI is InChI=1S/C14H17ClN2O4.ClH/c15-10-3-8(4-12-13(10)21-2-1-20-12)6-17-14(19)11-5-9(18)7-16-11;/h3-4,9,11,16,18H,1-2,5-7H2,(H,17,19);1H. The summed E-state index contributed by atoms with van der Waals surface area (Å²) in [5.74, 6) is 1.03. The highest BCUT2D eigenvalue weighted by Crippen LogP contribution is 2.38. The van der Waals surface area contributed by atoms with Crippen molar-refractivity contribution < 1.29 is 19.4 Å². The minimum atomic E-state index is -0.454. The van der Waals surface area contributed by atoms with Crippen LogP contribution in [0.1, 0.15) is 12.0 Å². The molecule has 1 saturated heterocycles. The number of amides is 1. The molecule has 8 heteroatoms. The zero-order valence-electron chi connectivity index (χ0n) is 11.8. The van der Waals surface area contributed by atoms with Crippen LogP contribution in [0.3, 0.4) is 0 Å². The molecule has 2 heterocycles. The summed E-state index contributed by atoms with van der Waals surface area (Å²) in [6, 6.07) is 3.23. The summed E-state index contributed by atoms with van der Waals surface area (Å²) in [6.07, 6.45) is -0.0160. The van der Waals surface area contributed by atoms with E-state index in [1.807, 2.05) is 6.07 Å². The molecule has 3 rings (SSSR count). The van der Waals surface area contributed by atoms with Gasteiger partial charge < -0.3 is 25.2 Å². The second-order valence-electron chi connectivity index (χ2n) is 5.17. The molecule has 22 heavy (non-hydrogen) atoms. The molecule has 3 N–H and O–H groups in total. The molecule has 2 aliphatic heterocycles. The Morgan fingerprint density at radius 3 is 2.91 bits per heavy atom. The van der Waals surface area contributed by atoms with Gasteiger partial charge in [-0.2, -0.15) is 0 Å². The quantitative estimate of drug-likeness (QED) is 0.755. The van der Waals surface area contributed by atoms with Gasteiger partial charge in [-0.15, -0.1) is 12.4 Å². The molecule has 6 nitrogen and oxygen atoms in total. The van der Waals surface area contributed by atoms with Gasteiger partial charge in [0, 0.05) is 13.1 Å². The fourth-order valence-corrected chi connectivity index (χ4v) is 2.78. The van der Waals surface area contributed by atoms with Gasteiger partial charge in [-0.3, -0.25) is 4.79 Å². The Morgan fingerprint density at radius 2 is 2.18 bits per heavy atom. The first-order valence-electron chi connectivity index (χ1n) is 6.90. The summed E-state index contributed by atoms with van der Waals surface area (Å²) >= 11 is 6.15. The molecule has 1 aromatic carbocycles. The fourth-order valence-electron chi connectivity index (χ4n) is 2.50. The molecule has 1 fully saturated rings. The number of aliphatic hydroxyl groups excluding tert-OH is 1. The van der Waals surface area contributed by atoms with Gasteiger partial charge in [0.15, 0.2) is 11.5 Å². The number of rotatable bonds is 3. The molecule has 0 spiro atoms. The van der Waals surface area contributed by atoms with Crippen molar-refractivity contribution >= 4 is 29.9 Å². The van der Waals surface area contributed by atoms with E-state index in [0.717, 1.165) is 5.56 Å². The topological polar surface area (TPSA) is 79.8 Å². The van der Waals surface area contributed by atoms with Crippen LogP contribution in [0.2, 0.25) is 5.02 Å². The summed E-state index contributed by atoms with van der Waals surface area (Å²) in [5, 5.41) is 15.7. The Labute approximate surface area is 139 Å². The van der Waals surface area contributed by atoms with E-state index >= 15 is 0 Å². The second kappa shape index (κ2) is 7.37. The Balaban J connectivity index is 0.00000176. The largest absolute Gasteiger partial charge is 0.486 e. The summed E-state index contributed by atoms with van der Waals surface area (Å²) in [6.45, 7) is 1.78. The van der Waals surface area contributed by atoms with Crippen LogP contribution < -0.4 is 20.1 Å². The monoisotopic (exact) mass is 348 g/mol. The van der Waals surface area contributed by atoms with Gasteiger partial charge in [-0.05, 0) is 24.1 Å². The van der Waals surface area contributed by atoms with Crippen LogP contribution in [0.15, 0.2) is 12.1 Å². The fraction of sp³-hybridized carbons (Fsp3) is 0.500. The van der Waals surface area contributed by atoms with Crippen molar-refractivity contribution in [3.63, 3.8) is 0 Å². The third-order valence-corrected chi connectivity index (χ3v) is 3.83. The lowest BCUT2D eigenvalue weighted by molar-refractivity contribution is -0.123.